The molecule has 4 heteroatoms. The average Bonchev–Trinajstić information content (AvgIpc) is 3.10. The van der Waals surface area contributed by atoms with E-state index >= 15 is 0 Å². The molecule has 2 N–H and O–H groups in total. The van der Waals surface area contributed by atoms with E-state index in [1.54, 1.807) is 0 Å². The van der Waals surface area contributed by atoms with Gasteiger partial charge in [0.1, 0.15) is 5.75 Å². The van der Waals surface area contributed by atoms with Crippen LogP contribution in [0.2, 0.25) is 0 Å². The molecule has 0 aliphatic carbocycles. The summed E-state index contributed by atoms with van der Waals surface area (Å²) in [4.78, 5) is 15.7. The Morgan fingerprint density at radius 3 is 2.50 bits per heavy atom. The summed E-state index contributed by atoms with van der Waals surface area (Å²) < 4.78 is 5.70. The summed E-state index contributed by atoms with van der Waals surface area (Å²) in [6.07, 6.45) is 0. The fourth-order valence-corrected chi connectivity index (χ4v) is 3.54. The molecule has 0 unspecified atom stereocenters. The first-order valence-corrected chi connectivity index (χ1v) is 9.18. The zero-order valence-corrected chi connectivity index (χ0v) is 15.1. The van der Waals surface area contributed by atoms with Crippen molar-refractivity contribution in [2.24, 2.45) is 0 Å². The lowest BCUT2D eigenvalue weighted by Crippen LogP contribution is -2.20. The Labute approximate surface area is 161 Å². The molecule has 0 spiro atoms. The summed E-state index contributed by atoms with van der Waals surface area (Å²) in [5.74, 6) is 0.472. The predicted octanol–water partition coefficient (Wildman–Crippen LogP) is 5.49. The molecule has 0 atom stereocenters. The number of anilines is 1. The molecule has 1 heterocycles. The predicted molar refractivity (Wildman–Crippen MR) is 114 cm³/mol. The van der Waals surface area contributed by atoms with Crippen molar-refractivity contribution in [3.05, 3.63) is 84.9 Å². The van der Waals surface area contributed by atoms with Gasteiger partial charge in [-0.25, -0.2) is 0 Å². The lowest BCUT2D eigenvalue weighted by atomic mass is 10.1. The number of carbonyl (C=O) groups is 1. The molecular weight excluding hydrogens is 348 g/mol. The molecule has 28 heavy (non-hydrogen) atoms. The fraction of sp³-hybridized carbons (Fsp3) is 0.0417. The van der Waals surface area contributed by atoms with Gasteiger partial charge in [-0.2, -0.15) is 0 Å². The molecule has 4 nitrogen and oxygen atoms in total. The highest BCUT2D eigenvalue weighted by Crippen LogP contribution is 2.28. The zero-order valence-electron chi connectivity index (χ0n) is 15.1. The molecule has 136 valence electrons. The van der Waals surface area contributed by atoms with Crippen LogP contribution in [0.4, 0.5) is 5.69 Å². The Hall–Kier alpha value is -3.79. The Morgan fingerprint density at radius 2 is 1.57 bits per heavy atom. The first kappa shape index (κ1) is 16.4. The van der Waals surface area contributed by atoms with Crippen molar-refractivity contribution in [1.82, 2.24) is 4.98 Å². The quantitative estimate of drug-likeness (QED) is 0.442. The number of H-pyrrole nitrogens is 1. The number of carbonyl (C=O) groups excluding carboxylic acids is 1. The van der Waals surface area contributed by atoms with E-state index in [2.05, 4.69) is 16.4 Å². The average molecular weight is 366 g/mol. The van der Waals surface area contributed by atoms with Gasteiger partial charge in [0.2, 0.25) is 0 Å². The van der Waals surface area contributed by atoms with Crippen LogP contribution < -0.4 is 10.1 Å². The van der Waals surface area contributed by atoms with E-state index < -0.39 is 0 Å². The molecule has 1 aromatic heterocycles. The third-order valence-electron chi connectivity index (χ3n) is 4.88. The van der Waals surface area contributed by atoms with Crippen molar-refractivity contribution < 1.29 is 9.53 Å². The van der Waals surface area contributed by atoms with Crippen LogP contribution in [0.3, 0.4) is 0 Å². The second-order valence-corrected chi connectivity index (χ2v) is 6.78. The Kier molecular flexibility index (Phi) is 3.95. The van der Waals surface area contributed by atoms with Gasteiger partial charge in [0.05, 0.1) is 5.52 Å². The van der Waals surface area contributed by atoms with Gasteiger partial charge in [0.15, 0.2) is 6.61 Å². The molecule has 4 aromatic carbocycles. The van der Waals surface area contributed by atoms with Gasteiger partial charge in [0.25, 0.3) is 5.91 Å². The standard InChI is InChI=1S/C24H18N2O2/c27-24(25-18-10-9-16-5-1-2-6-17(16)13-18)15-28-19-11-12-21-20-7-3-4-8-22(20)26-23(21)14-19/h1-14,26H,15H2,(H,25,27). The lowest BCUT2D eigenvalue weighted by molar-refractivity contribution is -0.118. The number of ether oxygens (including phenoxy) is 1. The summed E-state index contributed by atoms with van der Waals surface area (Å²) in [6, 6.07) is 27.9. The normalized spacial score (nSPS) is 11.1. The summed E-state index contributed by atoms with van der Waals surface area (Å²) in [7, 11) is 0. The number of fused-ring (bicyclic) bond motifs is 4. The van der Waals surface area contributed by atoms with Crippen LogP contribution in [0.5, 0.6) is 5.75 Å². The molecule has 0 saturated carbocycles. The number of amides is 1. The van der Waals surface area contributed by atoms with Gasteiger partial charge in [-0.05, 0) is 41.1 Å². The van der Waals surface area contributed by atoms with Gasteiger partial charge >= 0.3 is 0 Å². The van der Waals surface area contributed by atoms with Gasteiger partial charge < -0.3 is 15.0 Å². The van der Waals surface area contributed by atoms with Crippen LogP contribution in [0.25, 0.3) is 32.6 Å². The molecular formula is C24H18N2O2. The van der Waals surface area contributed by atoms with Gasteiger partial charge in [0, 0.05) is 28.0 Å². The smallest absolute Gasteiger partial charge is 0.262 e. The maximum Gasteiger partial charge on any atom is 0.262 e. The van der Waals surface area contributed by atoms with Crippen LogP contribution in [-0.2, 0) is 4.79 Å². The van der Waals surface area contributed by atoms with Crippen LogP contribution in [0, 0.1) is 0 Å². The highest BCUT2D eigenvalue weighted by molar-refractivity contribution is 6.07. The van der Waals surface area contributed by atoms with Crippen molar-refractivity contribution in [3.8, 4) is 5.75 Å². The molecule has 0 aliphatic heterocycles. The summed E-state index contributed by atoms with van der Waals surface area (Å²) in [6.45, 7) is -0.0431. The molecule has 5 aromatic rings. The van der Waals surface area contributed by atoms with E-state index in [4.69, 9.17) is 4.74 Å². The van der Waals surface area contributed by atoms with E-state index in [0.717, 1.165) is 32.9 Å². The van der Waals surface area contributed by atoms with E-state index in [0.29, 0.717) is 5.75 Å². The molecule has 0 saturated heterocycles. The van der Waals surface area contributed by atoms with Crippen LogP contribution in [-0.4, -0.2) is 17.5 Å². The number of benzene rings is 4. The Bertz CT molecular complexity index is 1320. The number of aromatic amines is 1. The number of hydrogen-bond donors (Lipinski definition) is 2. The van der Waals surface area contributed by atoms with Crippen molar-refractivity contribution >= 4 is 44.2 Å². The maximum atomic E-state index is 12.3. The molecule has 0 aliphatic rings. The number of aromatic nitrogens is 1. The number of nitrogens with one attached hydrogen (secondary N) is 2. The monoisotopic (exact) mass is 366 g/mol. The van der Waals surface area contributed by atoms with E-state index in [9.17, 15) is 4.79 Å². The molecule has 0 fully saturated rings. The Morgan fingerprint density at radius 1 is 0.786 bits per heavy atom. The Balaban J connectivity index is 1.29. The third kappa shape index (κ3) is 3.05. The summed E-state index contributed by atoms with van der Waals surface area (Å²) in [5.41, 5.74) is 2.84. The molecule has 1 amide bonds. The minimum atomic E-state index is -0.188. The van der Waals surface area contributed by atoms with Crippen LogP contribution in [0.1, 0.15) is 0 Å². The molecule has 0 bridgehead atoms. The summed E-state index contributed by atoms with van der Waals surface area (Å²) >= 11 is 0. The van der Waals surface area contributed by atoms with E-state index in [1.807, 2.05) is 78.9 Å². The first-order valence-electron chi connectivity index (χ1n) is 9.18. The van der Waals surface area contributed by atoms with Gasteiger partial charge in [-0.3, -0.25) is 4.79 Å². The molecule has 5 rings (SSSR count). The SMILES string of the molecule is O=C(COc1ccc2c(c1)[nH]c1ccccc12)Nc1ccc2ccccc2c1. The first-order chi connectivity index (χ1) is 13.8. The lowest BCUT2D eigenvalue weighted by Gasteiger charge is -2.08. The number of para-hydroxylation sites is 1. The minimum Gasteiger partial charge on any atom is -0.484 e. The molecule has 0 radical (unpaired) electrons. The number of rotatable bonds is 4. The zero-order chi connectivity index (χ0) is 18.9. The van der Waals surface area contributed by atoms with Crippen LogP contribution >= 0.6 is 0 Å². The van der Waals surface area contributed by atoms with E-state index in [-0.39, 0.29) is 12.5 Å². The van der Waals surface area contributed by atoms with Crippen molar-refractivity contribution in [1.29, 1.82) is 0 Å². The van der Waals surface area contributed by atoms with Crippen molar-refractivity contribution in [2.45, 2.75) is 0 Å². The van der Waals surface area contributed by atoms with Gasteiger partial charge in [-0.1, -0.05) is 48.5 Å². The fourth-order valence-electron chi connectivity index (χ4n) is 3.54. The maximum absolute atomic E-state index is 12.3. The third-order valence-corrected chi connectivity index (χ3v) is 4.88. The summed E-state index contributed by atoms with van der Waals surface area (Å²) in [5, 5.41) is 7.44. The largest absolute Gasteiger partial charge is 0.484 e. The highest BCUT2D eigenvalue weighted by Gasteiger charge is 2.07. The van der Waals surface area contributed by atoms with Gasteiger partial charge in [-0.15, -0.1) is 0 Å². The van der Waals surface area contributed by atoms with Crippen molar-refractivity contribution in [3.63, 3.8) is 0 Å². The van der Waals surface area contributed by atoms with Crippen molar-refractivity contribution in [2.75, 3.05) is 11.9 Å². The topological polar surface area (TPSA) is 54.1 Å². The highest BCUT2D eigenvalue weighted by atomic mass is 16.5. The second kappa shape index (κ2) is 6.74. The van der Waals surface area contributed by atoms with E-state index in [1.165, 1.54) is 5.39 Å². The number of hydrogen-bond acceptors (Lipinski definition) is 2. The second-order valence-electron chi connectivity index (χ2n) is 6.78. The van der Waals surface area contributed by atoms with Crippen LogP contribution in [0.15, 0.2) is 84.9 Å². The minimum absolute atomic E-state index is 0.0431.